The van der Waals surface area contributed by atoms with Crippen molar-refractivity contribution in [3.05, 3.63) is 23.0 Å². The molecular formula is C10H13F2N3O2. The van der Waals surface area contributed by atoms with Crippen molar-refractivity contribution in [1.82, 2.24) is 4.98 Å². The average molecular weight is 245 g/mol. The first-order valence-electron chi connectivity index (χ1n) is 4.82. The van der Waals surface area contributed by atoms with Gasteiger partial charge in [-0.3, -0.25) is 9.78 Å². The van der Waals surface area contributed by atoms with Crippen molar-refractivity contribution in [2.75, 3.05) is 12.8 Å². The maximum absolute atomic E-state index is 12.7. The maximum atomic E-state index is 12.7. The van der Waals surface area contributed by atoms with Crippen LogP contribution in [-0.4, -0.2) is 18.1 Å². The van der Waals surface area contributed by atoms with Gasteiger partial charge >= 0.3 is 5.97 Å². The fourth-order valence-electron chi connectivity index (χ4n) is 1.33. The molecule has 94 valence electrons. The second-order valence-electron chi connectivity index (χ2n) is 3.32. The number of aromatic nitrogens is 1. The third-order valence-electron chi connectivity index (χ3n) is 2.22. The summed E-state index contributed by atoms with van der Waals surface area (Å²) in [6.07, 6.45) is -3.08. The zero-order valence-corrected chi connectivity index (χ0v) is 9.24. The molecule has 7 heteroatoms. The lowest BCUT2D eigenvalue weighted by molar-refractivity contribution is -0.139. The van der Waals surface area contributed by atoms with Gasteiger partial charge in [-0.05, 0) is 6.07 Å². The second kappa shape index (κ2) is 5.53. The first kappa shape index (κ1) is 13.3. The van der Waals surface area contributed by atoms with Gasteiger partial charge in [-0.25, -0.2) is 8.78 Å². The number of hydrogen-bond donors (Lipinski definition) is 2. The molecule has 0 bridgehead atoms. The van der Waals surface area contributed by atoms with Crippen molar-refractivity contribution in [1.29, 1.82) is 0 Å². The van der Waals surface area contributed by atoms with Crippen LogP contribution in [0.2, 0.25) is 0 Å². The number of ether oxygens (including phenoxy) is 1. The summed E-state index contributed by atoms with van der Waals surface area (Å²) >= 11 is 0. The second-order valence-corrected chi connectivity index (χ2v) is 3.32. The van der Waals surface area contributed by atoms with Crippen LogP contribution in [0.5, 0.6) is 0 Å². The molecular weight excluding hydrogens is 232 g/mol. The molecule has 0 aliphatic rings. The van der Waals surface area contributed by atoms with Gasteiger partial charge in [-0.15, -0.1) is 0 Å². The molecule has 0 radical (unpaired) electrons. The molecule has 0 aromatic carbocycles. The minimum atomic E-state index is -2.75. The number of carbonyl (C=O) groups excluding carboxylic acids is 1. The number of methoxy groups -OCH3 is 1. The zero-order chi connectivity index (χ0) is 13.0. The summed E-state index contributed by atoms with van der Waals surface area (Å²) in [5.74, 6) is -0.646. The molecule has 5 nitrogen and oxygen atoms in total. The molecule has 0 atom stereocenters. The number of nitrogen functional groups attached to an aromatic ring is 1. The van der Waals surface area contributed by atoms with E-state index < -0.39 is 12.4 Å². The van der Waals surface area contributed by atoms with E-state index in [2.05, 4.69) is 9.72 Å². The highest BCUT2D eigenvalue weighted by molar-refractivity contribution is 5.72. The van der Waals surface area contributed by atoms with Gasteiger partial charge in [0.05, 0.1) is 30.6 Å². The monoisotopic (exact) mass is 245 g/mol. The van der Waals surface area contributed by atoms with Gasteiger partial charge in [-0.1, -0.05) is 0 Å². The molecule has 0 aliphatic carbocycles. The van der Waals surface area contributed by atoms with Crippen LogP contribution in [0.4, 0.5) is 14.5 Å². The largest absolute Gasteiger partial charge is 0.469 e. The molecule has 1 rings (SSSR count). The highest BCUT2D eigenvalue weighted by atomic mass is 19.3. The lowest BCUT2D eigenvalue weighted by Crippen LogP contribution is -2.13. The number of pyridine rings is 1. The Morgan fingerprint density at radius 3 is 2.65 bits per heavy atom. The molecule has 0 aliphatic heterocycles. The average Bonchev–Trinajstić information content (AvgIpc) is 2.30. The Kier molecular flexibility index (Phi) is 4.33. The molecule has 0 saturated heterocycles. The van der Waals surface area contributed by atoms with Crippen LogP contribution >= 0.6 is 0 Å². The minimum Gasteiger partial charge on any atom is -0.469 e. The van der Waals surface area contributed by atoms with Crippen LogP contribution in [0.15, 0.2) is 6.07 Å². The number of anilines is 1. The van der Waals surface area contributed by atoms with Gasteiger partial charge in [0.15, 0.2) is 0 Å². The van der Waals surface area contributed by atoms with E-state index in [1.165, 1.54) is 7.11 Å². The van der Waals surface area contributed by atoms with Crippen molar-refractivity contribution in [3.8, 4) is 0 Å². The number of halogens is 2. The number of nitrogens with two attached hydrogens (primary N) is 2. The number of alkyl halides is 2. The predicted octanol–water partition coefficient (Wildman–Crippen LogP) is 0.776. The third kappa shape index (κ3) is 3.10. The van der Waals surface area contributed by atoms with E-state index in [1.807, 2.05) is 0 Å². The van der Waals surface area contributed by atoms with Crippen LogP contribution in [0.25, 0.3) is 0 Å². The third-order valence-corrected chi connectivity index (χ3v) is 2.22. The molecule has 1 heterocycles. The summed E-state index contributed by atoms with van der Waals surface area (Å²) in [5.41, 5.74) is 10.8. The number of rotatable bonds is 4. The van der Waals surface area contributed by atoms with Crippen molar-refractivity contribution in [3.63, 3.8) is 0 Å². The molecule has 0 fully saturated rings. The Morgan fingerprint density at radius 1 is 1.53 bits per heavy atom. The van der Waals surface area contributed by atoms with Gasteiger partial charge in [0.2, 0.25) is 0 Å². The summed E-state index contributed by atoms with van der Waals surface area (Å²) < 4.78 is 29.8. The first-order chi connectivity index (χ1) is 7.99. The summed E-state index contributed by atoms with van der Waals surface area (Å²) in [4.78, 5) is 14.9. The van der Waals surface area contributed by atoms with E-state index >= 15 is 0 Å². The normalized spacial score (nSPS) is 10.6. The molecule has 4 N–H and O–H groups in total. The molecule has 0 saturated carbocycles. The quantitative estimate of drug-likeness (QED) is 0.765. The smallest absolute Gasteiger partial charge is 0.311 e. The van der Waals surface area contributed by atoms with Gasteiger partial charge in [0.1, 0.15) is 0 Å². The zero-order valence-electron chi connectivity index (χ0n) is 9.24. The van der Waals surface area contributed by atoms with E-state index in [-0.39, 0.29) is 35.6 Å². The lowest BCUT2D eigenvalue weighted by Gasteiger charge is -2.11. The SMILES string of the molecule is COC(=O)Cc1nc(CN)c(N)cc1C(F)F. The summed E-state index contributed by atoms with van der Waals surface area (Å²) in [5, 5.41) is 0. The molecule has 0 amide bonds. The Bertz CT molecular complexity index is 424. The minimum absolute atomic E-state index is 0.0174. The van der Waals surface area contributed by atoms with Crippen molar-refractivity contribution >= 4 is 11.7 Å². The Balaban J connectivity index is 3.19. The predicted molar refractivity (Wildman–Crippen MR) is 57.2 cm³/mol. The maximum Gasteiger partial charge on any atom is 0.311 e. The van der Waals surface area contributed by atoms with Crippen molar-refractivity contribution < 1.29 is 18.3 Å². The Morgan fingerprint density at radius 2 is 2.18 bits per heavy atom. The number of nitrogens with zero attached hydrogens (tertiary/aromatic N) is 1. The standard InChI is InChI=1S/C10H13F2N3O2/c1-17-9(16)3-7-5(10(11)12)2-6(14)8(4-13)15-7/h2,10H,3-4,13-14H2,1H3. The van der Waals surface area contributed by atoms with Crippen LogP contribution in [0, 0.1) is 0 Å². The molecule has 1 aromatic rings. The van der Waals surface area contributed by atoms with E-state index in [0.717, 1.165) is 6.07 Å². The summed E-state index contributed by atoms with van der Waals surface area (Å²) in [6, 6.07) is 1.10. The summed E-state index contributed by atoms with van der Waals surface area (Å²) in [6.45, 7) is 0.0174. The molecule has 17 heavy (non-hydrogen) atoms. The van der Waals surface area contributed by atoms with Crippen LogP contribution < -0.4 is 11.5 Å². The van der Waals surface area contributed by atoms with Crippen molar-refractivity contribution in [2.24, 2.45) is 5.73 Å². The van der Waals surface area contributed by atoms with Gasteiger partial charge in [-0.2, -0.15) is 0 Å². The molecule has 1 aromatic heterocycles. The van der Waals surface area contributed by atoms with E-state index in [1.54, 1.807) is 0 Å². The fraction of sp³-hybridized carbons (Fsp3) is 0.400. The van der Waals surface area contributed by atoms with Gasteiger partial charge in [0, 0.05) is 12.1 Å². The fourth-order valence-corrected chi connectivity index (χ4v) is 1.33. The number of hydrogen-bond acceptors (Lipinski definition) is 5. The van der Waals surface area contributed by atoms with Crippen molar-refractivity contribution in [2.45, 2.75) is 19.4 Å². The van der Waals surface area contributed by atoms with E-state index in [4.69, 9.17) is 11.5 Å². The van der Waals surface area contributed by atoms with Crippen LogP contribution in [-0.2, 0) is 22.5 Å². The van der Waals surface area contributed by atoms with Gasteiger partial charge < -0.3 is 16.2 Å². The highest BCUT2D eigenvalue weighted by Crippen LogP contribution is 2.25. The van der Waals surface area contributed by atoms with Crippen LogP contribution in [0.1, 0.15) is 23.4 Å². The topological polar surface area (TPSA) is 91.2 Å². The Labute approximate surface area is 96.8 Å². The Hall–Kier alpha value is -1.76. The first-order valence-corrected chi connectivity index (χ1v) is 4.82. The molecule has 0 unspecified atom stereocenters. The van der Waals surface area contributed by atoms with E-state index in [9.17, 15) is 13.6 Å². The highest BCUT2D eigenvalue weighted by Gasteiger charge is 2.19. The van der Waals surface area contributed by atoms with E-state index in [0.29, 0.717) is 0 Å². The number of carbonyl (C=O) groups is 1. The number of esters is 1. The van der Waals surface area contributed by atoms with Gasteiger partial charge in [0.25, 0.3) is 6.43 Å². The summed E-state index contributed by atoms with van der Waals surface area (Å²) in [7, 11) is 1.17. The van der Waals surface area contributed by atoms with Crippen LogP contribution in [0.3, 0.4) is 0 Å². The molecule has 0 spiro atoms. The lowest BCUT2D eigenvalue weighted by atomic mass is 10.1.